The molecule has 2 fully saturated rings. The molecule has 2 bridgehead atoms. The highest BCUT2D eigenvalue weighted by Crippen LogP contribution is 2.29. The quantitative estimate of drug-likeness (QED) is 0.718. The summed E-state index contributed by atoms with van der Waals surface area (Å²) in [6.45, 7) is 1.73. The van der Waals surface area contributed by atoms with Gasteiger partial charge < -0.3 is 4.90 Å². The summed E-state index contributed by atoms with van der Waals surface area (Å²) in [4.78, 5) is 17.2. The number of hydrogen-bond donors (Lipinski definition) is 0. The smallest absolute Gasteiger partial charge is 0.253 e. The Morgan fingerprint density at radius 3 is 2.45 bits per heavy atom. The fourth-order valence-corrected chi connectivity index (χ4v) is 4.65. The van der Waals surface area contributed by atoms with Crippen LogP contribution in [-0.2, 0) is 0 Å². The van der Waals surface area contributed by atoms with Gasteiger partial charge in [0.25, 0.3) is 5.91 Å². The van der Waals surface area contributed by atoms with E-state index in [1.54, 1.807) is 0 Å². The van der Waals surface area contributed by atoms with Crippen LogP contribution in [0.25, 0.3) is 0 Å². The molecule has 1 aromatic carbocycles. The van der Waals surface area contributed by atoms with E-state index in [2.05, 4.69) is 43.8 Å². The van der Waals surface area contributed by atoms with Gasteiger partial charge in [-0.1, -0.05) is 31.9 Å². The number of carbonyl (C=O) groups excluding carboxylic acids is 1. The van der Waals surface area contributed by atoms with E-state index in [9.17, 15) is 4.79 Å². The first kappa shape index (κ1) is 14.5. The number of halogens is 2. The molecule has 0 saturated carbocycles. The number of hydrogen-bond acceptors (Lipinski definition) is 2. The molecule has 2 saturated heterocycles. The number of rotatable bonds is 1. The molecule has 2 aliphatic rings. The Balaban J connectivity index is 1.80. The fourth-order valence-electron chi connectivity index (χ4n) is 3.35. The maximum atomic E-state index is 12.7. The van der Waals surface area contributed by atoms with Gasteiger partial charge >= 0.3 is 0 Å². The van der Waals surface area contributed by atoms with Crippen molar-refractivity contribution >= 4 is 37.8 Å². The van der Waals surface area contributed by atoms with Crippen molar-refractivity contribution in [3.05, 3.63) is 32.7 Å². The Morgan fingerprint density at radius 1 is 1.10 bits per heavy atom. The number of amides is 1. The second kappa shape index (κ2) is 5.78. The van der Waals surface area contributed by atoms with Gasteiger partial charge in [-0.05, 0) is 44.5 Å². The zero-order valence-electron chi connectivity index (χ0n) is 11.5. The highest BCUT2D eigenvalue weighted by atomic mass is 79.9. The number of benzene rings is 1. The first-order valence-corrected chi connectivity index (χ1v) is 8.60. The lowest BCUT2D eigenvalue weighted by Gasteiger charge is -2.26. The summed E-state index contributed by atoms with van der Waals surface area (Å²) in [6.07, 6.45) is 3.59. The van der Waals surface area contributed by atoms with Crippen LogP contribution >= 0.6 is 31.9 Å². The molecule has 5 heteroatoms. The Hall–Kier alpha value is -0.390. The normalized spacial score (nSPS) is 26.6. The van der Waals surface area contributed by atoms with Crippen molar-refractivity contribution in [3.8, 4) is 0 Å². The van der Waals surface area contributed by atoms with E-state index < -0.39 is 0 Å². The molecule has 1 amide bonds. The topological polar surface area (TPSA) is 23.6 Å². The van der Waals surface area contributed by atoms with Crippen LogP contribution in [-0.4, -0.2) is 47.9 Å². The first-order valence-electron chi connectivity index (χ1n) is 7.02. The second-order valence-electron chi connectivity index (χ2n) is 5.75. The highest BCUT2D eigenvalue weighted by Gasteiger charge is 2.36. The van der Waals surface area contributed by atoms with Gasteiger partial charge in [-0.25, -0.2) is 0 Å². The molecule has 0 aromatic heterocycles. The van der Waals surface area contributed by atoms with Crippen molar-refractivity contribution in [2.24, 2.45) is 0 Å². The molecule has 108 valence electrons. The van der Waals surface area contributed by atoms with Crippen molar-refractivity contribution in [3.63, 3.8) is 0 Å². The van der Waals surface area contributed by atoms with Crippen molar-refractivity contribution in [1.29, 1.82) is 0 Å². The third-order valence-corrected chi connectivity index (χ3v) is 5.46. The third-order valence-electron chi connectivity index (χ3n) is 4.55. The van der Waals surface area contributed by atoms with E-state index in [1.807, 2.05) is 23.1 Å². The van der Waals surface area contributed by atoms with Crippen LogP contribution in [0.3, 0.4) is 0 Å². The first-order chi connectivity index (χ1) is 9.54. The molecule has 1 aromatic rings. The molecular formula is C15H18Br2N2O. The van der Waals surface area contributed by atoms with E-state index in [0.717, 1.165) is 34.0 Å². The molecule has 0 N–H and O–H groups in total. The van der Waals surface area contributed by atoms with Gasteiger partial charge in [0, 0.05) is 39.7 Å². The average Bonchev–Trinajstić information content (AvgIpc) is 2.61. The van der Waals surface area contributed by atoms with Crippen molar-refractivity contribution < 1.29 is 4.79 Å². The molecule has 0 aliphatic carbocycles. The summed E-state index contributed by atoms with van der Waals surface area (Å²) in [5, 5.41) is 0. The SMILES string of the molecule is CN1C2CCC1CN(C(=O)c1cc(Br)cc(Br)c1)CC2. The standard InChI is InChI=1S/C15H18Br2N2O/c1-18-13-2-3-14(18)9-19(5-4-13)15(20)10-6-11(16)8-12(17)7-10/h6-8,13-14H,2-5,9H2,1H3. The van der Waals surface area contributed by atoms with E-state index in [-0.39, 0.29) is 5.91 Å². The summed E-state index contributed by atoms with van der Waals surface area (Å²) in [7, 11) is 2.20. The Morgan fingerprint density at radius 2 is 1.75 bits per heavy atom. The lowest BCUT2D eigenvalue weighted by atomic mass is 10.1. The maximum absolute atomic E-state index is 12.7. The highest BCUT2D eigenvalue weighted by molar-refractivity contribution is 9.11. The van der Waals surface area contributed by atoms with Gasteiger partial charge in [0.15, 0.2) is 0 Å². The summed E-state index contributed by atoms with van der Waals surface area (Å²) in [5.41, 5.74) is 0.756. The lowest BCUT2D eigenvalue weighted by Crippen LogP contribution is -2.39. The number of fused-ring (bicyclic) bond motifs is 2. The zero-order valence-corrected chi connectivity index (χ0v) is 14.7. The summed E-state index contributed by atoms with van der Waals surface area (Å²) < 4.78 is 1.87. The van der Waals surface area contributed by atoms with Crippen molar-refractivity contribution in [2.45, 2.75) is 31.3 Å². The number of nitrogens with zero attached hydrogens (tertiary/aromatic N) is 2. The van der Waals surface area contributed by atoms with E-state index >= 15 is 0 Å². The Bertz CT molecular complexity index is 514. The Labute approximate surface area is 136 Å². The molecule has 3 nitrogen and oxygen atoms in total. The molecule has 0 radical (unpaired) electrons. The maximum Gasteiger partial charge on any atom is 0.253 e. The molecule has 20 heavy (non-hydrogen) atoms. The van der Waals surface area contributed by atoms with Crippen LogP contribution in [0.1, 0.15) is 29.6 Å². The largest absolute Gasteiger partial charge is 0.337 e. The molecule has 2 heterocycles. The predicted molar refractivity (Wildman–Crippen MR) is 86.9 cm³/mol. The second-order valence-corrected chi connectivity index (χ2v) is 7.58. The van der Waals surface area contributed by atoms with Crippen LogP contribution in [0.15, 0.2) is 27.1 Å². The van der Waals surface area contributed by atoms with E-state index in [1.165, 1.54) is 12.8 Å². The monoisotopic (exact) mass is 400 g/mol. The molecule has 2 unspecified atom stereocenters. The van der Waals surface area contributed by atoms with Gasteiger partial charge in [0.05, 0.1) is 0 Å². The lowest BCUT2D eigenvalue weighted by molar-refractivity contribution is 0.0740. The van der Waals surface area contributed by atoms with Crippen LogP contribution in [0, 0.1) is 0 Å². The van der Waals surface area contributed by atoms with Crippen molar-refractivity contribution in [1.82, 2.24) is 9.80 Å². The fraction of sp³-hybridized carbons (Fsp3) is 0.533. The van der Waals surface area contributed by atoms with Gasteiger partial charge in [0.1, 0.15) is 0 Å². The Kier molecular flexibility index (Phi) is 4.20. The number of likely N-dealkylation sites (N-methyl/N-ethyl adjacent to an activating group) is 1. The summed E-state index contributed by atoms with van der Waals surface area (Å²) in [6, 6.07) is 6.95. The number of carbonyl (C=O) groups is 1. The van der Waals surface area contributed by atoms with Crippen LogP contribution in [0.4, 0.5) is 0 Å². The van der Waals surface area contributed by atoms with Gasteiger partial charge in [-0.15, -0.1) is 0 Å². The van der Waals surface area contributed by atoms with E-state index in [0.29, 0.717) is 12.1 Å². The van der Waals surface area contributed by atoms with Crippen LogP contribution in [0.2, 0.25) is 0 Å². The molecule has 0 spiro atoms. The minimum Gasteiger partial charge on any atom is -0.337 e. The number of likely N-dealkylation sites (tertiary alicyclic amines) is 1. The van der Waals surface area contributed by atoms with Crippen LogP contribution in [0.5, 0.6) is 0 Å². The summed E-state index contributed by atoms with van der Waals surface area (Å²) in [5.74, 6) is 0.146. The average molecular weight is 402 g/mol. The van der Waals surface area contributed by atoms with Crippen LogP contribution < -0.4 is 0 Å². The minimum atomic E-state index is 0.146. The van der Waals surface area contributed by atoms with Gasteiger partial charge in [-0.2, -0.15) is 0 Å². The zero-order chi connectivity index (χ0) is 14.3. The molecular weight excluding hydrogens is 384 g/mol. The van der Waals surface area contributed by atoms with E-state index in [4.69, 9.17) is 0 Å². The molecule has 2 aliphatic heterocycles. The predicted octanol–water partition coefficient (Wildman–Crippen LogP) is 3.52. The molecule has 3 rings (SSSR count). The summed E-state index contributed by atoms with van der Waals surface area (Å²) >= 11 is 6.91. The minimum absolute atomic E-state index is 0.146. The van der Waals surface area contributed by atoms with Crippen molar-refractivity contribution in [2.75, 3.05) is 20.1 Å². The third kappa shape index (κ3) is 2.81. The van der Waals surface area contributed by atoms with Gasteiger partial charge in [-0.3, -0.25) is 9.69 Å². The van der Waals surface area contributed by atoms with Gasteiger partial charge in [0.2, 0.25) is 0 Å². The molecule has 2 atom stereocenters.